The summed E-state index contributed by atoms with van der Waals surface area (Å²) in [5.41, 5.74) is 4.21. The highest BCUT2D eigenvalue weighted by atomic mass is 79.9. The van der Waals surface area contributed by atoms with E-state index in [0.717, 1.165) is 32.4 Å². The predicted octanol–water partition coefficient (Wildman–Crippen LogP) is 3.66. The lowest BCUT2D eigenvalue weighted by Crippen LogP contribution is -2.25. The standard InChI is InChI=1S/C18H11BrN4O/c19-11-7-5-10(6-8-11)16-14-15(22-18-20-9-21-23(16)18)12-3-1-2-4-13(12)17(14)24/h1-9,16H,(H,20,21,22)/t16-/m0/s1. The molecule has 0 amide bonds. The Morgan fingerprint density at radius 3 is 2.58 bits per heavy atom. The molecule has 5 nitrogen and oxygen atoms in total. The molecular formula is C18H11BrN4O. The van der Waals surface area contributed by atoms with Crippen LogP contribution in [0.4, 0.5) is 5.95 Å². The fourth-order valence-electron chi connectivity index (χ4n) is 3.41. The molecule has 0 saturated heterocycles. The van der Waals surface area contributed by atoms with Crippen LogP contribution < -0.4 is 5.32 Å². The van der Waals surface area contributed by atoms with Gasteiger partial charge in [-0.25, -0.2) is 4.68 Å². The van der Waals surface area contributed by atoms with E-state index in [1.807, 2.05) is 48.5 Å². The van der Waals surface area contributed by atoms with Gasteiger partial charge in [-0.2, -0.15) is 10.1 Å². The highest BCUT2D eigenvalue weighted by Gasteiger charge is 2.40. The minimum absolute atomic E-state index is 0.0437. The number of fused-ring (bicyclic) bond motifs is 3. The van der Waals surface area contributed by atoms with Crippen LogP contribution in [0.25, 0.3) is 5.70 Å². The number of halogens is 1. The van der Waals surface area contributed by atoms with E-state index >= 15 is 0 Å². The van der Waals surface area contributed by atoms with Crippen molar-refractivity contribution in [1.29, 1.82) is 0 Å². The van der Waals surface area contributed by atoms with Crippen molar-refractivity contribution >= 4 is 33.4 Å². The average Bonchev–Trinajstić information content (AvgIpc) is 3.18. The number of benzene rings is 2. The maximum absolute atomic E-state index is 13.0. The van der Waals surface area contributed by atoms with Crippen LogP contribution in [0.5, 0.6) is 0 Å². The zero-order chi connectivity index (χ0) is 16.3. The molecule has 1 aliphatic carbocycles. The fourth-order valence-corrected chi connectivity index (χ4v) is 3.68. The number of carbonyl (C=O) groups excluding carboxylic acids is 1. The number of hydrogen-bond acceptors (Lipinski definition) is 4. The molecule has 1 aliphatic heterocycles. The van der Waals surface area contributed by atoms with Crippen LogP contribution in [0.2, 0.25) is 0 Å². The SMILES string of the molecule is O=C1C2=C(Nc3ncnn3[C@H]2c2ccc(Br)cc2)c2ccccc21. The van der Waals surface area contributed by atoms with Crippen molar-refractivity contribution in [3.8, 4) is 0 Å². The van der Waals surface area contributed by atoms with E-state index in [1.54, 1.807) is 4.68 Å². The molecule has 0 unspecified atom stereocenters. The third kappa shape index (κ3) is 1.77. The molecule has 5 rings (SSSR count). The van der Waals surface area contributed by atoms with E-state index in [-0.39, 0.29) is 11.8 Å². The van der Waals surface area contributed by atoms with E-state index < -0.39 is 0 Å². The maximum Gasteiger partial charge on any atom is 0.226 e. The van der Waals surface area contributed by atoms with Crippen LogP contribution in [0.15, 0.2) is 64.9 Å². The second-order valence-electron chi connectivity index (χ2n) is 5.77. The summed E-state index contributed by atoms with van der Waals surface area (Å²) in [6, 6.07) is 15.3. The monoisotopic (exact) mass is 378 g/mol. The summed E-state index contributed by atoms with van der Waals surface area (Å²) in [5, 5.41) is 7.62. The molecule has 0 fully saturated rings. The Hall–Kier alpha value is -2.73. The Bertz CT molecular complexity index is 1020. The van der Waals surface area contributed by atoms with E-state index in [0.29, 0.717) is 5.95 Å². The van der Waals surface area contributed by atoms with Crippen molar-refractivity contribution in [2.45, 2.75) is 6.04 Å². The summed E-state index contributed by atoms with van der Waals surface area (Å²) >= 11 is 3.46. The molecule has 0 bridgehead atoms. The van der Waals surface area contributed by atoms with Gasteiger partial charge in [0.05, 0.1) is 11.3 Å². The first-order valence-electron chi connectivity index (χ1n) is 7.54. The number of nitrogens with zero attached hydrogens (tertiary/aromatic N) is 3. The molecule has 0 radical (unpaired) electrons. The molecule has 1 N–H and O–H groups in total. The van der Waals surface area contributed by atoms with Crippen molar-refractivity contribution in [2.24, 2.45) is 0 Å². The summed E-state index contributed by atoms with van der Waals surface area (Å²) in [4.78, 5) is 17.3. The maximum atomic E-state index is 13.0. The minimum atomic E-state index is -0.285. The van der Waals surface area contributed by atoms with Crippen molar-refractivity contribution in [2.75, 3.05) is 5.32 Å². The van der Waals surface area contributed by atoms with Crippen molar-refractivity contribution in [1.82, 2.24) is 14.8 Å². The second kappa shape index (κ2) is 4.88. The van der Waals surface area contributed by atoms with Crippen molar-refractivity contribution in [3.05, 3.63) is 81.6 Å². The molecule has 1 atom stereocenters. The number of nitrogens with one attached hydrogen (secondary N) is 1. The minimum Gasteiger partial charge on any atom is -0.323 e. The number of ketones is 1. The van der Waals surface area contributed by atoms with Crippen LogP contribution in [-0.4, -0.2) is 20.5 Å². The fraction of sp³-hybridized carbons (Fsp3) is 0.0556. The van der Waals surface area contributed by atoms with Gasteiger partial charge in [0.25, 0.3) is 0 Å². The Balaban J connectivity index is 1.77. The lowest BCUT2D eigenvalue weighted by molar-refractivity contribution is 0.102. The lowest BCUT2D eigenvalue weighted by Gasteiger charge is -2.26. The Kier molecular flexibility index (Phi) is 2.78. The number of allylic oxidation sites excluding steroid dienone is 1. The highest BCUT2D eigenvalue weighted by Crippen LogP contribution is 2.44. The zero-order valence-electron chi connectivity index (χ0n) is 12.4. The number of carbonyl (C=O) groups is 1. The van der Waals surface area contributed by atoms with Gasteiger partial charge in [0.15, 0.2) is 5.78 Å². The Morgan fingerprint density at radius 1 is 1.04 bits per heavy atom. The Morgan fingerprint density at radius 2 is 1.79 bits per heavy atom. The quantitative estimate of drug-likeness (QED) is 0.701. The summed E-state index contributed by atoms with van der Waals surface area (Å²) in [5.74, 6) is 0.688. The van der Waals surface area contributed by atoms with Gasteiger partial charge < -0.3 is 5.32 Å². The normalized spacial score (nSPS) is 18.0. The van der Waals surface area contributed by atoms with Gasteiger partial charge in [-0.05, 0) is 17.7 Å². The Labute approximate surface area is 146 Å². The highest BCUT2D eigenvalue weighted by molar-refractivity contribution is 9.10. The van der Waals surface area contributed by atoms with Gasteiger partial charge in [0, 0.05) is 15.6 Å². The molecule has 3 aromatic rings. The first-order chi connectivity index (χ1) is 11.7. The average molecular weight is 379 g/mol. The molecule has 2 heterocycles. The van der Waals surface area contributed by atoms with Gasteiger partial charge in [0.1, 0.15) is 12.4 Å². The number of anilines is 1. The first-order valence-corrected chi connectivity index (χ1v) is 8.33. The molecule has 24 heavy (non-hydrogen) atoms. The van der Waals surface area contributed by atoms with E-state index in [4.69, 9.17) is 0 Å². The lowest BCUT2D eigenvalue weighted by atomic mass is 9.94. The number of Topliss-reactive ketones (excluding diaryl/α,β-unsaturated/α-hetero) is 1. The molecule has 1 aromatic heterocycles. The third-order valence-corrected chi connectivity index (χ3v) is 5.00. The van der Waals surface area contributed by atoms with Crippen LogP contribution >= 0.6 is 15.9 Å². The molecule has 116 valence electrons. The van der Waals surface area contributed by atoms with Crippen LogP contribution in [0.3, 0.4) is 0 Å². The van der Waals surface area contributed by atoms with E-state index in [2.05, 4.69) is 31.3 Å². The molecule has 0 saturated carbocycles. The largest absolute Gasteiger partial charge is 0.323 e. The summed E-state index contributed by atoms with van der Waals surface area (Å²) < 4.78 is 2.76. The number of aromatic nitrogens is 3. The van der Waals surface area contributed by atoms with Gasteiger partial charge in [-0.3, -0.25) is 4.79 Å². The van der Waals surface area contributed by atoms with Gasteiger partial charge in [-0.15, -0.1) is 0 Å². The molecule has 6 heteroatoms. The van der Waals surface area contributed by atoms with Crippen LogP contribution in [-0.2, 0) is 0 Å². The number of rotatable bonds is 1. The predicted molar refractivity (Wildman–Crippen MR) is 93.6 cm³/mol. The topological polar surface area (TPSA) is 59.8 Å². The van der Waals surface area contributed by atoms with E-state index in [1.165, 1.54) is 6.33 Å². The molecule has 2 aliphatic rings. The van der Waals surface area contributed by atoms with Gasteiger partial charge in [-0.1, -0.05) is 52.3 Å². The summed E-state index contributed by atoms with van der Waals surface area (Å²) in [6.45, 7) is 0. The van der Waals surface area contributed by atoms with Crippen LogP contribution in [0.1, 0.15) is 27.5 Å². The van der Waals surface area contributed by atoms with Gasteiger partial charge >= 0.3 is 0 Å². The summed E-state index contributed by atoms with van der Waals surface area (Å²) in [6.07, 6.45) is 1.51. The van der Waals surface area contributed by atoms with E-state index in [9.17, 15) is 4.79 Å². The number of hydrogen-bond donors (Lipinski definition) is 1. The zero-order valence-corrected chi connectivity index (χ0v) is 14.0. The first kappa shape index (κ1) is 13.7. The van der Waals surface area contributed by atoms with Crippen molar-refractivity contribution in [3.63, 3.8) is 0 Å². The second-order valence-corrected chi connectivity index (χ2v) is 6.69. The summed E-state index contributed by atoms with van der Waals surface area (Å²) in [7, 11) is 0. The van der Waals surface area contributed by atoms with Crippen molar-refractivity contribution < 1.29 is 4.79 Å². The smallest absolute Gasteiger partial charge is 0.226 e. The molecule has 0 spiro atoms. The molecular weight excluding hydrogens is 368 g/mol. The molecule has 2 aromatic carbocycles. The van der Waals surface area contributed by atoms with Crippen LogP contribution in [0, 0.1) is 0 Å². The third-order valence-electron chi connectivity index (χ3n) is 4.47. The van der Waals surface area contributed by atoms with Gasteiger partial charge in [0.2, 0.25) is 5.95 Å².